The van der Waals surface area contributed by atoms with Crippen LogP contribution in [-0.4, -0.2) is 5.78 Å². The molecule has 0 bridgehead atoms. The van der Waals surface area contributed by atoms with Gasteiger partial charge in [-0.15, -0.1) is 0 Å². The summed E-state index contributed by atoms with van der Waals surface area (Å²) in [6, 6.07) is 0. The summed E-state index contributed by atoms with van der Waals surface area (Å²) in [6.07, 6.45) is 6.30. The second-order valence-corrected chi connectivity index (χ2v) is 3.38. The van der Waals surface area contributed by atoms with Gasteiger partial charge in [0.25, 0.3) is 0 Å². The molecule has 1 heteroatoms. The van der Waals surface area contributed by atoms with Gasteiger partial charge in [-0.3, -0.25) is 4.79 Å². The SMILES string of the molecule is C=C/C(=C\C(C)CC)C(=O)CCC. The Hall–Kier alpha value is -0.850. The third kappa shape index (κ3) is 4.66. The Balaban J connectivity index is 4.39. The topological polar surface area (TPSA) is 17.1 Å². The van der Waals surface area contributed by atoms with Gasteiger partial charge in [0, 0.05) is 12.0 Å². The van der Waals surface area contributed by atoms with Gasteiger partial charge in [-0.05, 0) is 12.3 Å². The quantitative estimate of drug-likeness (QED) is 0.451. The van der Waals surface area contributed by atoms with Crippen LogP contribution in [0.1, 0.15) is 40.0 Å². The second-order valence-electron chi connectivity index (χ2n) is 3.38. The predicted octanol–water partition coefficient (Wildman–Crippen LogP) is 3.51. The Bertz CT molecular complexity index is 201. The summed E-state index contributed by atoms with van der Waals surface area (Å²) in [7, 11) is 0. The second kappa shape index (κ2) is 6.64. The summed E-state index contributed by atoms with van der Waals surface area (Å²) < 4.78 is 0. The zero-order valence-corrected chi connectivity index (χ0v) is 8.97. The van der Waals surface area contributed by atoms with Crippen LogP contribution in [0.5, 0.6) is 0 Å². The molecule has 0 fully saturated rings. The molecule has 0 saturated heterocycles. The van der Waals surface area contributed by atoms with E-state index in [0.717, 1.165) is 18.4 Å². The van der Waals surface area contributed by atoms with Crippen LogP contribution in [0, 0.1) is 5.92 Å². The molecule has 1 nitrogen and oxygen atoms in total. The molecule has 0 aromatic carbocycles. The average molecular weight is 180 g/mol. The molecule has 0 saturated carbocycles. The summed E-state index contributed by atoms with van der Waals surface area (Å²) in [5, 5.41) is 0. The maximum atomic E-state index is 11.5. The van der Waals surface area contributed by atoms with Gasteiger partial charge >= 0.3 is 0 Å². The molecule has 0 radical (unpaired) electrons. The van der Waals surface area contributed by atoms with Crippen LogP contribution < -0.4 is 0 Å². The molecule has 0 rings (SSSR count). The monoisotopic (exact) mass is 180 g/mol. The number of Topliss-reactive ketones (excluding diaryl/α,β-unsaturated/α-hetero) is 1. The van der Waals surface area contributed by atoms with E-state index in [9.17, 15) is 4.79 Å². The highest BCUT2D eigenvalue weighted by Crippen LogP contribution is 2.10. The first-order chi connectivity index (χ1) is 6.15. The first-order valence-corrected chi connectivity index (χ1v) is 5.03. The van der Waals surface area contributed by atoms with E-state index in [2.05, 4.69) is 20.4 Å². The molecule has 0 heterocycles. The summed E-state index contributed by atoms with van der Waals surface area (Å²) in [5.74, 6) is 0.687. The van der Waals surface area contributed by atoms with Crippen LogP contribution in [-0.2, 0) is 4.79 Å². The van der Waals surface area contributed by atoms with Gasteiger partial charge in [0.1, 0.15) is 0 Å². The lowest BCUT2D eigenvalue weighted by atomic mass is 10.0. The molecule has 1 atom stereocenters. The Morgan fingerprint density at radius 2 is 2.08 bits per heavy atom. The third-order valence-corrected chi connectivity index (χ3v) is 2.13. The maximum Gasteiger partial charge on any atom is 0.162 e. The highest BCUT2D eigenvalue weighted by atomic mass is 16.1. The first kappa shape index (κ1) is 12.2. The minimum Gasteiger partial charge on any atom is -0.294 e. The molecule has 0 aromatic rings. The van der Waals surface area contributed by atoms with E-state index >= 15 is 0 Å². The van der Waals surface area contributed by atoms with Gasteiger partial charge in [-0.2, -0.15) is 0 Å². The smallest absolute Gasteiger partial charge is 0.162 e. The van der Waals surface area contributed by atoms with Crippen LogP contribution in [0.2, 0.25) is 0 Å². The molecule has 0 spiro atoms. The first-order valence-electron chi connectivity index (χ1n) is 5.03. The van der Waals surface area contributed by atoms with Gasteiger partial charge in [0.05, 0.1) is 0 Å². The van der Waals surface area contributed by atoms with Crippen LogP contribution in [0.3, 0.4) is 0 Å². The van der Waals surface area contributed by atoms with Crippen LogP contribution >= 0.6 is 0 Å². The van der Waals surface area contributed by atoms with Crippen LogP contribution in [0.25, 0.3) is 0 Å². The van der Waals surface area contributed by atoms with Gasteiger partial charge in [-0.25, -0.2) is 0 Å². The van der Waals surface area contributed by atoms with E-state index in [4.69, 9.17) is 0 Å². The van der Waals surface area contributed by atoms with Crippen molar-refractivity contribution in [3.63, 3.8) is 0 Å². The van der Waals surface area contributed by atoms with Crippen molar-refractivity contribution >= 4 is 5.78 Å². The van der Waals surface area contributed by atoms with Crippen molar-refractivity contribution in [2.24, 2.45) is 5.92 Å². The fraction of sp³-hybridized carbons (Fsp3) is 0.583. The zero-order valence-electron chi connectivity index (χ0n) is 8.97. The van der Waals surface area contributed by atoms with Crippen molar-refractivity contribution < 1.29 is 4.79 Å². The molecule has 1 unspecified atom stereocenters. The van der Waals surface area contributed by atoms with Crippen molar-refractivity contribution in [2.75, 3.05) is 0 Å². The van der Waals surface area contributed by atoms with Gasteiger partial charge in [0.2, 0.25) is 0 Å². The molecular weight excluding hydrogens is 160 g/mol. The zero-order chi connectivity index (χ0) is 10.3. The van der Waals surface area contributed by atoms with E-state index < -0.39 is 0 Å². The Kier molecular flexibility index (Phi) is 6.21. The number of hydrogen-bond acceptors (Lipinski definition) is 1. The van der Waals surface area contributed by atoms with Gasteiger partial charge in [0.15, 0.2) is 5.78 Å². The van der Waals surface area contributed by atoms with E-state index in [0.29, 0.717) is 12.3 Å². The number of allylic oxidation sites excluding steroid dienone is 3. The number of carbonyl (C=O) groups excluding carboxylic acids is 1. The Morgan fingerprint density at radius 1 is 1.46 bits per heavy atom. The molecule has 0 aliphatic carbocycles. The van der Waals surface area contributed by atoms with Crippen molar-refractivity contribution in [2.45, 2.75) is 40.0 Å². The van der Waals surface area contributed by atoms with Crippen LogP contribution in [0.4, 0.5) is 0 Å². The van der Waals surface area contributed by atoms with E-state index in [1.807, 2.05) is 13.0 Å². The number of hydrogen-bond donors (Lipinski definition) is 0. The van der Waals surface area contributed by atoms with E-state index in [1.165, 1.54) is 0 Å². The van der Waals surface area contributed by atoms with Crippen molar-refractivity contribution in [1.29, 1.82) is 0 Å². The number of carbonyl (C=O) groups is 1. The lowest BCUT2D eigenvalue weighted by molar-refractivity contribution is -0.115. The molecule has 0 amide bonds. The summed E-state index contributed by atoms with van der Waals surface area (Å²) in [4.78, 5) is 11.5. The highest BCUT2D eigenvalue weighted by Gasteiger charge is 2.05. The molecule has 74 valence electrons. The molecule has 13 heavy (non-hydrogen) atoms. The third-order valence-electron chi connectivity index (χ3n) is 2.13. The predicted molar refractivity (Wildman–Crippen MR) is 57.7 cm³/mol. The largest absolute Gasteiger partial charge is 0.294 e. The minimum atomic E-state index is 0.220. The Labute approximate surface area is 81.5 Å². The standard InChI is InChI=1S/C12H20O/c1-5-8-12(13)11(7-3)9-10(4)6-2/h7,9-10H,3,5-6,8H2,1-2,4H3/b11-9+. The van der Waals surface area contributed by atoms with Gasteiger partial charge < -0.3 is 0 Å². The van der Waals surface area contributed by atoms with Gasteiger partial charge in [-0.1, -0.05) is 45.9 Å². The van der Waals surface area contributed by atoms with Crippen molar-refractivity contribution in [3.8, 4) is 0 Å². The molecule has 0 N–H and O–H groups in total. The van der Waals surface area contributed by atoms with Crippen LogP contribution in [0.15, 0.2) is 24.3 Å². The van der Waals surface area contributed by atoms with Crippen molar-refractivity contribution in [3.05, 3.63) is 24.3 Å². The summed E-state index contributed by atoms with van der Waals surface area (Å²) >= 11 is 0. The number of ketones is 1. The summed E-state index contributed by atoms with van der Waals surface area (Å²) in [5.41, 5.74) is 0.788. The maximum absolute atomic E-state index is 11.5. The molecule has 0 aromatic heterocycles. The van der Waals surface area contributed by atoms with Crippen molar-refractivity contribution in [1.82, 2.24) is 0 Å². The summed E-state index contributed by atoms with van der Waals surface area (Å²) in [6.45, 7) is 9.91. The lowest BCUT2D eigenvalue weighted by Gasteiger charge is -2.04. The fourth-order valence-electron chi connectivity index (χ4n) is 1.07. The van der Waals surface area contributed by atoms with E-state index in [-0.39, 0.29) is 5.78 Å². The van der Waals surface area contributed by atoms with E-state index in [1.54, 1.807) is 6.08 Å². The molecule has 0 aliphatic rings. The minimum absolute atomic E-state index is 0.220. The average Bonchev–Trinajstić information content (AvgIpc) is 2.14. The lowest BCUT2D eigenvalue weighted by Crippen LogP contribution is -2.01. The molecule has 0 aliphatic heterocycles. The number of rotatable bonds is 6. The normalized spacial score (nSPS) is 13.9. The Morgan fingerprint density at radius 3 is 2.46 bits per heavy atom. The highest BCUT2D eigenvalue weighted by molar-refractivity contribution is 5.97. The molecular formula is C12H20O. The fourth-order valence-corrected chi connectivity index (χ4v) is 1.07.